The number of piperazine rings is 1. The van der Waals surface area contributed by atoms with E-state index < -0.39 is 0 Å². The molecule has 2 heterocycles. The number of aryl methyl sites for hydroxylation is 1. The first-order chi connectivity index (χ1) is 16.6. The van der Waals surface area contributed by atoms with Crippen molar-refractivity contribution in [3.63, 3.8) is 0 Å². The normalized spacial score (nSPS) is 14.2. The molecule has 6 heteroatoms. The van der Waals surface area contributed by atoms with Gasteiger partial charge in [-0.25, -0.2) is 4.68 Å². The lowest BCUT2D eigenvalue weighted by atomic mass is 9.99. The van der Waals surface area contributed by atoms with Gasteiger partial charge in [-0.1, -0.05) is 42.5 Å². The molecular formula is C28H28N4O2. The Hall–Kier alpha value is -3.90. The molecule has 0 N–H and O–H groups in total. The summed E-state index contributed by atoms with van der Waals surface area (Å²) < 4.78 is 7.57. The first kappa shape index (κ1) is 21.9. The fourth-order valence-electron chi connectivity index (χ4n) is 4.24. The van der Waals surface area contributed by atoms with E-state index in [9.17, 15) is 4.79 Å². The fourth-order valence-corrected chi connectivity index (χ4v) is 4.24. The summed E-state index contributed by atoms with van der Waals surface area (Å²) in [6.07, 6.45) is 0. The maximum Gasteiger partial charge on any atom is 0.267 e. The lowest BCUT2D eigenvalue weighted by molar-refractivity contribution is 0.313. The minimum absolute atomic E-state index is 0.150. The monoisotopic (exact) mass is 452 g/mol. The number of likely N-dealkylation sites (N-methyl/N-ethyl adjacent to an activating group) is 1. The Labute approximate surface area is 199 Å². The van der Waals surface area contributed by atoms with Gasteiger partial charge < -0.3 is 14.5 Å². The van der Waals surface area contributed by atoms with Crippen LogP contribution in [-0.4, -0.2) is 47.9 Å². The van der Waals surface area contributed by atoms with Gasteiger partial charge in [-0.15, -0.1) is 0 Å². The van der Waals surface area contributed by atoms with E-state index in [-0.39, 0.29) is 5.56 Å². The van der Waals surface area contributed by atoms with Gasteiger partial charge in [0.25, 0.3) is 5.56 Å². The summed E-state index contributed by atoms with van der Waals surface area (Å²) in [5.74, 6) is 1.44. The van der Waals surface area contributed by atoms with Gasteiger partial charge in [-0.2, -0.15) is 5.10 Å². The molecule has 0 spiro atoms. The number of para-hydroxylation sites is 2. The van der Waals surface area contributed by atoms with Crippen molar-refractivity contribution >= 4 is 5.69 Å². The second-order valence-corrected chi connectivity index (χ2v) is 8.62. The summed E-state index contributed by atoms with van der Waals surface area (Å²) in [5.41, 5.74) is 4.33. The summed E-state index contributed by atoms with van der Waals surface area (Å²) in [6.45, 7) is 4.14. The van der Waals surface area contributed by atoms with Crippen LogP contribution in [0.5, 0.6) is 11.5 Å². The van der Waals surface area contributed by atoms with E-state index in [1.165, 1.54) is 10.4 Å². The Kier molecular flexibility index (Phi) is 6.14. The highest BCUT2D eigenvalue weighted by Crippen LogP contribution is 2.37. The minimum atomic E-state index is -0.150. The highest BCUT2D eigenvalue weighted by atomic mass is 16.5. The molecular weight excluding hydrogens is 424 g/mol. The second kappa shape index (κ2) is 9.53. The molecule has 4 aromatic rings. The van der Waals surface area contributed by atoms with Crippen molar-refractivity contribution in [2.24, 2.45) is 7.05 Å². The molecule has 0 aliphatic carbocycles. The summed E-state index contributed by atoms with van der Waals surface area (Å²) in [5, 5.41) is 4.65. The zero-order chi connectivity index (χ0) is 23.5. The van der Waals surface area contributed by atoms with Crippen molar-refractivity contribution in [3.8, 4) is 33.9 Å². The van der Waals surface area contributed by atoms with Crippen LogP contribution in [-0.2, 0) is 7.05 Å². The number of benzene rings is 3. The van der Waals surface area contributed by atoms with Crippen molar-refractivity contribution in [1.82, 2.24) is 14.7 Å². The maximum atomic E-state index is 12.6. The van der Waals surface area contributed by atoms with Gasteiger partial charge in [0.1, 0.15) is 17.2 Å². The average Bonchev–Trinajstić information content (AvgIpc) is 2.87. The predicted molar refractivity (Wildman–Crippen MR) is 137 cm³/mol. The van der Waals surface area contributed by atoms with E-state index >= 15 is 0 Å². The van der Waals surface area contributed by atoms with Crippen LogP contribution < -0.4 is 15.2 Å². The van der Waals surface area contributed by atoms with Crippen LogP contribution in [0.15, 0.2) is 89.7 Å². The van der Waals surface area contributed by atoms with Crippen LogP contribution >= 0.6 is 0 Å². The van der Waals surface area contributed by atoms with Crippen LogP contribution in [0.1, 0.15) is 0 Å². The molecule has 6 nitrogen and oxygen atoms in total. The molecule has 3 aromatic carbocycles. The number of hydrogen-bond donors (Lipinski definition) is 0. The first-order valence-corrected chi connectivity index (χ1v) is 11.5. The third-order valence-electron chi connectivity index (χ3n) is 6.25. The summed E-state index contributed by atoms with van der Waals surface area (Å²) in [4.78, 5) is 17.3. The van der Waals surface area contributed by atoms with Crippen LogP contribution in [0.2, 0.25) is 0 Å². The summed E-state index contributed by atoms with van der Waals surface area (Å²) >= 11 is 0. The van der Waals surface area contributed by atoms with E-state index in [4.69, 9.17) is 4.74 Å². The molecule has 5 rings (SSSR count). The number of nitrogens with zero attached hydrogens (tertiary/aromatic N) is 4. The quantitative estimate of drug-likeness (QED) is 0.441. The molecule has 0 saturated carbocycles. The SMILES string of the molecule is CN1CCN(c2ccc(-c3cc(=O)n(C)nc3-c3ccccc3Oc3ccccc3)cc2)CC1. The van der Waals surface area contributed by atoms with Gasteiger partial charge >= 0.3 is 0 Å². The molecule has 0 radical (unpaired) electrons. The molecule has 34 heavy (non-hydrogen) atoms. The Morgan fingerprint density at radius 3 is 2.18 bits per heavy atom. The summed E-state index contributed by atoms with van der Waals surface area (Å²) in [7, 11) is 3.83. The molecule has 0 unspecified atom stereocenters. The Bertz CT molecular complexity index is 1320. The summed E-state index contributed by atoms with van der Waals surface area (Å²) in [6, 6.07) is 27.6. The molecule has 0 amide bonds. The van der Waals surface area contributed by atoms with Gasteiger partial charge in [0.2, 0.25) is 0 Å². The van der Waals surface area contributed by atoms with Crippen molar-refractivity contribution in [3.05, 3.63) is 95.3 Å². The number of hydrogen-bond acceptors (Lipinski definition) is 5. The standard InChI is InChI=1S/C28H28N4O2/c1-30-16-18-32(19-17-30)22-14-12-21(13-15-22)25-20-27(33)31(2)29-28(25)24-10-6-7-11-26(24)34-23-8-4-3-5-9-23/h3-15,20H,16-19H2,1-2H3. The molecule has 1 aliphatic rings. The van der Waals surface area contributed by atoms with E-state index in [0.717, 1.165) is 48.6 Å². The van der Waals surface area contributed by atoms with Crippen LogP contribution in [0.4, 0.5) is 5.69 Å². The topological polar surface area (TPSA) is 50.6 Å². The van der Waals surface area contributed by atoms with Crippen LogP contribution in [0, 0.1) is 0 Å². The van der Waals surface area contributed by atoms with Crippen LogP contribution in [0.25, 0.3) is 22.4 Å². The minimum Gasteiger partial charge on any atom is -0.457 e. The maximum absolute atomic E-state index is 12.6. The van der Waals surface area contributed by atoms with E-state index in [1.807, 2.05) is 54.6 Å². The average molecular weight is 453 g/mol. The molecule has 1 fully saturated rings. The van der Waals surface area contributed by atoms with Gasteiger partial charge in [0, 0.05) is 56.1 Å². The fraction of sp³-hybridized carbons (Fsp3) is 0.214. The lowest BCUT2D eigenvalue weighted by Crippen LogP contribution is -2.44. The van der Waals surface area contributed by atoms with Crippen molar-refractivity contribution in [2.75, 3.05) is 38.1 Å². The number of aromatic nitrogens is 2. The largest absolute Gasteiger partial charge is 0.457 e. The van der Waals surface area contributed by atoms with Crippen molar-refractivity contribution < 1.29 is 4.74 Å². The van der Waals surface area contributed by atoms with Gasteiger partial charge in [-0.3, -0.25) is 4.79 Å². The Balaban J connectivity index is 1.54. The number of anilines is 1. The zero-order valence-corrected chi connectivity index (χ0v) is 19.5. The van der Waals surface area contributed by atoms with Crippen molar-refractivity contribution in [2.45, 2.75) is 0 Å². The van der Waals surface area contributed by atoms with Gasteiger partial charge in [0.15, 0.2) is 0 Å². The number of rotatable bonds is 5. The molecule has 172 valence electrons. The third kappa shape index (κ3) is 4.58. The van der Waals surface area contributed by atoms with E-state index in [0.29, 0.717) is 11.4 Å². The molecule has 0 atom stereocenters. The predicted octanol–water partition coefficient (Wildman–Crippen LogP) is 4.66. The smallest absolute Gasteiger partial charge is 0.267 e. The highest BCUT2D eigenvalue weighted by Gasteiger charge is 2.18. The molecule has 1 saturated heterocycles. The Morgan fingerprint density at radius 2 is 1.44 bits per heavy atom. The molecule has 1 aromatic heterocycles. The molecule has 0 bridgehead atoms. The second-order valence-electron chi connectivity index (χ2n) is 8.62. The lowest BCUT2D eigenvalue weighted by Gasteiger charge is -2.34. The third-order valence-corrected chi connectivity index (χ3v) is 6.25. The Morgan fingerprint density at radius 1 is 0.765 bits per heavy atom. The zero-order valence-electron chi connectivity index (χ0n) is 19.5. The molecule has 1 aliphatic heterocycles. The van der Waals surface area contributed by atoms with Gasteiger partial charge in [-0.05, 0) is 49.0 Å². The number of ether oxygens (including phenoxy) is 1. The first-order valence-electron chi connectivity index (χ1n) is 11.5. The highest BCUT2D eigenvalue weighted by molar-refractivity contribution is 5.83. The van der Waals surface area contributed by atoms with E-state index in [2.05, 4.69) is 46.2 Å². The van der Waals surface area contributed by atoms with Crippen molar-refractivity contribution in [1.29, 1.82) is 0 Å². The van der Waals surface area contributed by atoms with E-state index in [1.54, 1.807) is 13.1 Å². The van der Waals surface area contributed by atoms with Gasteiger partial charge in [0.05, 0.1) is 0 Å². The van der Waals surface area contributed by atoms with Crippen LogP contribution in [0.3, 0.4) is 0 Å².